The molecule has 0 unspecified atom stereocenters. The maximum Gasteiger partial charge on any atom is 0.534 e. The zero-order chi connectivity index (χ0) is 34.0. The SMILES string of the molecule is CC(C)[Si](C#Cc1c(F)c(F)cc2cc(N=C(c3ccccc3)c3ccccc3)cc(OS(=O)(=O)C(F)(F)F)c12)(C(C)C)C(C)C. The maximum absolute atomic E-state index is 15.6. The largest absolute Gasteiger partial charge is 0.534 e. The van der Waals surface area contributed by atoms with Gasteiger partial charge in [-0.2, -0.15) is 21.6 Å². The molecule has 242 valence electrons. The van der Waals surface area contributed by atoms with Crippen LogP contribution in [0.2, 0.25) is 16.6 Å². The van der Waals surface area contributed by atoms with Crippen molar-refractivity contribution in [1.82, 2.24) is 0 Å². The summed E-state index contributed by atoms with van der Waals surface area (Å²) < 4.78 is 101. The Bertz CT molecular complexity index is 1870. The van der Waals surface area contributed by atoms with E-state index in [0.717, 1.165) is 12.1 Å². The lowest BCUT2D eigenvalue weighted by Crippen LogP contribution is -2.43. The number of rotatable bonds is 8. The van der Waals surface area contributed by atoms with Crippen LogP contribution in [-0.4, -0.2) is 27.7 Å². The molecule has 0 radical (unpaired) electrons. The van der Waals surface area contributed by atoms with E-state index in [0.29, 0.717) is 16.8 Å². The zero-order valence-electron chi connectivity index (χ0n) is 26.2. The van der Waals surface area contributed by atoms with Crippen LogP contribution in [0.3, 0.4) is 0 Å². The smallest absolute Gasteiger partial charge is 0.375 e. The minimum Gasteiger partial charge on any atom is -0.375 e. The quantitative estimate of drug-likeness (QED) is 0.0468. The molecule has 0 saturated heterocycles. The lowest BCUT2D eigenvalue weighted by Gasteiger charge is -2.38. The number of alkyl halides is 3. The van der Waals surface area contributed by atoms with E-state index in [9.17, 15) is 21.6 Å². The number of halogens is 5. The Balaban J connectivity index is 2.11. The van der Waals surface area contributed by atoms with Gasteiger partial charge < -0.3 is 4.18 Å². The van der Waals surface area contributed by atoms with Crippen molar-refractivity contribution >= 4 is 40.4 Å². The van der Waals surface area contributed by atoms with Crippen LogP contribution in [0, 0.1) is 23.1 Å². The Morgan fingerprint density at radius 1 is 0.804 bits per heavy atom. The van der Waals surface area contributed by atoms with E-state index in [1.54, 1.807) is 60.7 Å². The fourth-order valence-electron chi connectivity index (χ4n) is 6.07. The Morgan fingerprint density at radius 3 is 1.76 bits per heavy atom. The Kier molecular flexibility index (Phi) is 10.1. The van der Waals surface area contributed by atoms with E-state index in [-0.39, 0.29) is 27.7 Å². The molecule has 11 heteroatoms. The summed E-state index contributed by atoms with van der Waals surface area (Å²) in [6.45, 7) is 12.0. The van der Waals surface area contributed by atoms with Gasteiger partial charge in [-0.3, -0.25) is 0 Å². The monoisotopic (exact) mass is 671 g/mol. The van der Waals surface area contributed by atoms with Gasteiger partial charge in [-0.25, -0.2) is 13.8 Å². The van der Waals surface area contributed by atoms with Gasteiger partial charge in [0.25, 0.3) is 0 Å². The highest BCUT2D eigenvalue weighted by Gasteiger charge is 2.49. The van der Waals surface area contributed by atoms with Crippen LogP contribution in [0.15, 0.2) is 83.9 Å². The molecule has 0 aliphatic rings. The number of aliphatic imine (C=N–C) groups is 1. The van der Waals surface area contributed by atoms with Crippen LogP contribution in [-0.2, 0) is 10.1 Å². The summed E-state index contributed by atoms with van der Waals surface area (Å²) in [7, 11) is -8.77. The predicted octanol–water partition coefficient (Wildman–Crippen LogP) is 10.1. The van der Waals surface area contributed by atoms with Crippen molar-refractivity contribution in [2.75, 3.05) is 0 Å². The van der Waals surface area contributed by atoms with Gasteiger partial charge in [0.2, 0.25) is 0 Å². The van der Waals surface area contributed by atoms with Gasteiger partial charge in [0.15, 0.2) is 17.4 Å². The van der Waals surface area contributed by atoms with Crippen molar-refractivity contribution < 1.29 is 34.6 Å². The number of benzene rings is 4. The summed E-state index contributed by atoms with van der Waals surface area (Å²) in [5.41, 5.74) is -1.20. The van der Waals surface area contributed by atoms with Crippen molar-refractivity contribution in [3.05, 3.63) is 107 Å². The molecule has 0 saturated carbocycles. The number of nitrogens with zero attached hydrogens (tertiary/aromatic N) is 1. The van der Waals surface area contributed by atoms with E-state index < -0.39 is 52.0 Å². The summed E-state index contributed by atoms with van der Waals surface area (Å²) in [5, 5.41) is -0.540. The predicted molar refractivity (Wildman–Crippen MR) is 176 cm³/mol. The number of hydrogen-bond donors (Lipinski definition) is 0. The summed E-state index contributed by atoms with van der Waals surface area (Å²) >= 11 is 0. The van der Waals surface area contributed by atoms with Gasteiger partial charge in [0.1, 0.15) is 8.07 Å². The third-order valence-electron chi connectivity index (χ3n) is 8.17. The molecule has 0 aliphatic heterocycles. The molecule has 0 heterocycles. The van der Waals surface area contributed by atoms with E-state index in [2.05, 4.69) is 20.6 Å². The third-order valence-corrected chi connectivity index (χ3v) is 15.4. The fourth-order valence-corrected chi connectivity index (χ4v) is 11.7. The molecule has 0 fully saturated rings. The normalized spacial score (nSPS) is 12.4. The first-order valence-electron chi connectivity index (χ1n) is 14.7. The molecule has 0 atom stereocenters. The van der Waals surface area contributed by atoms with Crippen molar-refractivity contribution in [1.29, 1.82) is 0 Å². The van der Waals surface area contributed by atoms with Crippen LogP contribution in [0.5, 0.6) is 5.75 Å². The second-order valence-corrected chi connectivity index (χ2v) is 19.0. The molecule has 0 amide bonds. The first-order chi connectivity index (χ1) is 21.5. The molecule has 4 aromatic carbocycles. The van der Waals surface area contributed by atoms with Crippen molar-refractivity contribution in [2.45, 2.75) is 63.7 Å². The lowest BCUT2D eigenvalue weighted by molar-refractivity contribution is -0.0499. The topological polar surface area (TPSA) is 55.7 Å². The molecule has 4 aromatic rings. The summed E-state index contributed by atoms with van der Waals surface area (Å²) in [6.07, 6.45) is 0. The van der Waals surface area contributed by atoms with Crippen molar-refractivity contribution in [2.24, 2.45) is 4.99 Å². The minimum absolute atomic E-state index is 0.0530. The summed E-state index contributed by atoms with van der Waals surface area (Å²) in [6, 6.07) is 20.9. The van der Waals surface area contributed by atoms with Gasteiger partial charge in [0.05, 0.1) is 17.0 Å². The van der Waals surface area contributed by atoms with Crippen LogP contribution < -0.4 is 4.18 Å². The third kappa shape index (κ3) is 6.88. The standard InChI is InChI=1S/C35H34F5NO3SSi/c1-22(2)46(23(3)4,24(5)6)18-17-29-32-27(20-30(36)33(29)37)19-28(21-31(32)44-45(42,43)35(38,39)40)41-34(25-13-9-7-10-14-25)26-15-11-8-12-16-26/h7-16,19-24H,1-6H3. The number of fused-ring (bicyclic) bond motifs is 1. The Hall–Kier alpha value is -4.01. The van der Waals surface area contributed by atoms with Crippen molar-refractivity contribution in [3.63, 3.8) is 0 Å². The van der Waals surface area contributed by atoms with Crippen LogP contribution in [0.4, 0.5) is 27.6 Å². The van der Waals surface area contributed by atoms with E-state index in [1.807, 2.05) is 41.5 Å². The zero-order valence-corrected chi connectivity index (χ0v) is 28.0. The van der Waals surface area contributed by atoms with Gasteiger partial charge >= 0.3 is 15.6 Å². The van der Waals surface area contributed by atoms with Crippen molar-refractivity contribution in [3.8, 4) is 17.2 Å². The highest BCUT2D eigenvalue weighted by molar-refractivity contribution is 7.88. The molecule has 4 nitrogen and oxygen atoms in total. The highest BCUT2D eigenvalue weighted by atomic mass is 32.2. The minimum atomic E-state index is -6.22. The molecule has 46 heavy (non-hydrogen) atoms. The molecular formula is C35H34F5NO3SSi. The number of hydrogen-bond acceptors (Lipinski definition) is 4. The Morgan fingerprint density at radius 2 is 1.30 bits per heavy atom. The van der Waals surface area contributed by atoms with E-state index in [1.165, 1.54) is 6.07 Å². The summed E-state index contributed by atoms with van der Waals surface area (Å²) in [5.74, 6) is -0.832. The first-order valence-corrected chi connectivity index (χ1v) is 18.3. The van der Waals surface area contributed by atoms with E-state index in [4.69, 9.17) is 0 Å². The first kappa shape index (κ1) is 34.9. The molecule has 0 aromatic heterocycles. The second kappa shape index (κ2) is 13.4. The van der Waals surface area contributed by atoms with Crippen LogP contribution in [0.25, 0.3) is 10.8 Å². The molecule has 0 N–H and O–H groups in total. The van der Waals surface area contributed by atoms with E-state index >= 15 is 8.78 Å². The lowest BCUT2D eigenvalue weighted by atomic mass is 10.0. The Labute approximate surface area is 267 Å². The maximum atomic E-state index is 15.6. The summed E-state index contributed by atoms with van der Waals surface area (Å²) in [4.78, 5) is 4.65. The second-order valence-electron chi connectivity index (χ2n) is 11.9. The van der Waals surface area contributed by atoms with Gasteiger partial charge in [-0.1, -0.05) is 108 Å². The molecule has 4 rings (SSSR count). The van der Waals surface area contributed by atoms with Crippen LogP contribution >= 0.6 is 0 Å². The van der Waals surface area contributed by atoms with Gasteiger partial charge in [0, 0.05) is 22.6 Å². The molecule has 0 aliphatic carbocycles. The van der Waals surface area contributed by atoms with Crippen LogP contribution in [0.1, 0.15) is 58.2 Å². The molecule has 0 spiro atoms. The molecular weight excluding hydrogens is 638 g/mol. The fraction of sp³-hybridized carbons (Fsp3) is 0.286. The molecule has 0 bridgehead atoms. The van der Waals surface area contributed by atoms with Gasteiger partial charge in [-0.15, -0.1) is 5.54 Å². The average Bonchev–Trinajstić information content (AvgIpc) is 2.97. The van der Waals surface area contributed by atoms with Gasteiger partial charge in [-0.05, 0) is 34.1 Å². The average molecular weight is 672 g/mol. The highest BCUT2D eigenvalue weighted by Crippen LogP contribution is 2.42.